The Morgan fingerprint density at radius 2 is 1.19 bits per heavy atom. The van der Waals surface area contributed by atoms with Crippen LogP contribution in [0.2, 0.25) is 0 Å². The van der Waals surface area contributed by atoms with E-state index in [1.54, 1.807) is 0 Å². The van der Waals surface area contributed by atoms with E-state index in [2.05, 4.69) is 113 Å². The maximum atomic E-state index is 4.66. The predicted molar refractivity (Wildman–Crippen MR) is 111 cm³/mol. The summed E-state index contributed by atoms with van der Waals surface area (Å²) in [5.41, 5.74) is 14.0. The smallest absolute Gasteiger partial charge is 0.415 e. The Bertz CT molecular complexity index is 214. The van der Waals surface area contributed by atoms with Gasteiger partial charge in [0.15, 0.2) is 0 Å². The molecule has 0 aliphatic heterocycles. The predicted octanol–water partition coefficient (Wildman–Crippen LogP) is 2.37. The Kier molecular flexibility index (Phi) is 46.5. The molecule has 0 amide bonds. The summed E-state index contributed by atoms with van der Waals surface area (Å²) >= 11 is 24.8. The third kappa shape index (κ3) is 154. The molecule has 21 heavy (non-hydrogen) atoms. The van der Waals surface area contributed by atoms with Crippen LogP contribution < -0.4 is 17.2 Å². The van der Waals surface area contributed by atoms with Crippen molar-refractivity contribution in [3.8, 4) is 0 Å². The molecule has 0 aromatic carbocycles. The van der Waals surface area contributed by atoms with Crippen LogP contribution in [-0.4, -0.2) is 13.0 Å². The van der Waals surface area contributed by atoms with Crippen molar-refractivity contribution in [3.63, 3.8) is 0 Å². The Balaban J connectivity index is -0.0000000570. The van der Waals surface area contributed by atoms with Gasteiger partial charge in [-0.05, 0) is 0 Å². The second kappa shape index (κ2) is 29.1. The fraction of sp³-hybridized carbons (Fsp3) is 0.636. The van der Waals surface area contributed by atoms with Crippen LogP contribution >= 0.6 is 36.7 Å². The van der Waals surface area contributed by atoms with E-state index in [0.717, 1.165) is 0 Å². The van der Waals surface area contributed by atoms with Crippen molar-refractivity contribution < 1.29 is 21.1 Å². The second-order valence-corrected chi connectivity index (χ2v) is 6.79. The zero-order valence-electron chi connectivity index (χ0n) is 12.2. The molecule has 10 heteroatoms. The van der Waals surface area contributed by atoms with Gasteiger partial charge in [0, 0.05) is 0 Å². The van der Waals surface area contributed by atoms with Crippen molar-refractivity contribution in [3.05, 3.63) is 6.92 Å². The first-order valence-electron chi connectivity index (χ1n) is 5.73. The molecule has 0 saturated heterocycles. The molecule has 0 saturated carbocycles. The maximum absolute atomic E-state index is 4.66. The number of hydrogen-bond acceptors (Lipinski definition) is 6. The van der Waals surface area contributed by atoms with Crippen LogP contribution in [0.4, 0.5) is 0 Å². The molecule has 0 spiro atoms. The fourth-order valence-electron chi connectivity index (χ4n) is 0.697. The average Bonchev–Trinajstić information content (AvgIpc) is 2.23. The van der Waals surface area contributed by atoms with Crippen LogP contribution in [-0.2, 0) is 59.0 Å². The quantitative estimate of drug-likeness (QED) is 0.241. The van der Waals surface area contributed by atoms with Crippen LogP contribution in [0.3, 0.4) is 0 Å². The third-order valence-electron chi connectivity index (χ3n) is 1.54. The van der Waals surface area contributed by atoms with Gasteiger partial charge in [-0.2, -0.15) is 5.92 Å². The van der Waals surface area contributed by atoms with Gasteiger partial charge < -0.3 is 98.7 Å². The molecular formula is C11H23MoN3S6. The largest absolute Gasteiger partial charge is 4.00 e. The molecule has 6 N–H and O–H groups in total. The van der Waals surface area contributed by atoms with E-state index in [-0.39, 0.29) is 34.0 Å². The monoisotopic (exact) mass is 487 g/mol. The Labute approximate surface area is 176 Å². The number of unbranched alkanes of at least 4 members (excludes halogenated alkanes) is 1. The van der Waals surface area contributed by atoms with Crippen molar-refractivity contribution in [2.75, 3.05) is 0 Å². The standard InChI is InChI=1S/C8H17.3CH3NS2.Mo/c1-4-6-7-8(3)5-2;3*2-1(3)4;/h8H,3-7H2,1-2H3;3*(H3,2,3,4);/q-1;;;;+4/p-3. The Hall–Kier alpha value is 1.02. The van der Waals surface area contributed by atoms with Crippen LogP contribution in [0.25, 0.3) is 0 Å². The average molecular weight is 486 g/mol. The topological polar surface area (TPSA) is 78.1 Å². The van der Waals surface area contributed by atoms with Crippen LogP contribution in [0.1, 0.15) is 39.5 Å². The molecule has 124 valence electrons. The van der Waals surface area contributed by atoms with E-state index in [4.69, 9.17) is 0 Å². The molecule has 0 radical (unpaired) electrons. The van der Waals surface area contributed by atoms with Gasteiger partial charge in [0.25, 0.3) is 0 Å². The van der Waals surface area contributed by atoms with Crippen LogP contribution in [0.15, 0.2) is 0 Å². The van der Waals surface area contributed by atoms with Crippen molar-refractivity contribution in [1.82, 2.24) is 0 Å². The zero-order chi connectivity index (χ0) is 17.1. The second-order valence-electron chi connectivity index (χ2n) is 3.37. The van der Waals surface area contributed by atoms with Gasteiger partial charge >= 0.3 is 21.1 Å². The fourth-order valence-corrected chi connectivity index (χ4v) is 0.697. The third-order valence-corrected chi connectivity index (χ3v) is 1.54. The van der Waals surface area contributed by atoms with Gasteiger partial charge in [-0.3, -0.25) is 0 Å². The molecule has 0 bridgehead atoms. The number of nitrogens with two attached hydrogens (primary N) is 3. The van der Waals surface area contributed by atoms with Gasteiger partial charge in [0.05, 0.1) is 0 Å². The van der Waals surface area contributed by atoms with Crippen molar-refractivity contribution in [1.29, 1.82) is 0 Å². The molecule has 1 unspecified atom stereocenters. The first-order valence-corrected chi connectivity index (χ1v) is 8.18. The Morgan fingerprint density at radius 1 is 0.952 bits per heavy atom. The van der Waals surface area contributed by atoms with Gasteiger partial charge in [0.2, 0.25) is 0 Å². The molecule has 0 aliphatic carbocycles. The zero-order valence-corrected chi connectivity index (χ0v) is 19.1. The van der Waals surface area contributed by atoms with Crippen LogP contribution in [0, 0.1) is 12.8 Å². The van der Waals surface area contributed by atoms with Gasteiger partial charge in [-0.25, -0.2) is 0 Å². The van der Waals surface area contributed by atoms with E-state index in [1.807, 2.05) is 0 Å². The van der Waals surface area contributed by atoms with E-state index in [9.17, 15) is 0 Å². The molecule has 0 aliphatic rings. The molecular weight excluding hydrogens is 462 g/mol. The maximum Gasteiger partial charge on any atom is 4.00 e. The molecule has 1 atom stereocenters. The van der Waals surface area contributed by atoms with Gasteiger partial charge in [0.1, 0.15) is 0 Å². The minimum atomic E-state index is 0. The van der Waals surface area contributed by atoms with E-state index >= 15 is 0 Å². The first kappa shape index (κ1) is 33.6. The summed E-state index contributed by atoms with van der Waals surface area (Å²) in [5, 5.41) is 0. The van der Waals surface area contributed by atoms with Crippen molar-refractivity contribution in [2.24, 2.45) is 23.1 Å². The number of thiocarbonyl (C=S) groups is 3. The molecule has 0 rings (SSSR count). The first-order chi connectivity index (χ1) is 9.00. The SMILES string of the molecule is NC(=S)[S-].NC(=S)[S-].NC(=S)[S-].[CH2-]C(CC)CCCC.[Mo+4]. The summed E-state index contributed by atoms with van der Waals surface area (Å²) < 4.78 is 0.250. The molecule has 0 heterocycles. The summed E-state index contributed by atoms with van der Waals surface area (Å²) in [6.07, 6.45) is 5.21. The minimum Gasteiger partial charge on any atom is -0.415 e. The van der Waals surface area contributed by atoms with Gasteiger partial charge in [-0.15, -0.1) is 0 Å². The molecule has 0 fully saturated rings. The normalized spacial score (nSPS) is 8.71. The summed E-state index contributed by atoms with van der Waals surface area (Å²) in [6, 6.07) is 0. The van der Waals surface area contributed by atoms with Gasteiger partial charge in [-0.1, -0.05) is 52.5 Å². The van der Waals surface area contributed by atoms with E-state index in [0.29, 0.717) is 5.92 Å². The minimum absolute atomic E-state index is 0. The summed E-state index contributed by atoms with van der Waals surface area (Å²) in [5.74, 6) is 0.704. The summed E-state index contributed by atoms with van der Waals surface area (Å²) in [7, 11) is 0. The van der Waals surface area contributed by atoms with Crippen molar-refractivity contribution in [2.45, 2.75) is 39.5 Å². The Morgan fingerprint density at radius 3 is 1.33 bits per heavy atom. The molecule has 0 aromatic rings. The number of rotatable bonds is 4. The molecule has 3 nitrogen and oxygen atoms in total. The van der Waals surface area contributed by atoms with E-state index in [1.165, 1.54) is 25.7 Å². The number of hydrogen-bond donors (Lipinski definition) is 3. The molecule has 0 aromatic heterocycles. The summed E-state index contributed by atoms with van der Waals surface area (Å²) in [4.78, 5) is 0. The van der Waals surface area contributed by atoms with Crippen molar-refractivity contribution >= 4 is 87.5 Å². The summed E-state index contributed by atoms with van der Waals surface area (Å²) in [6.45, 7) is 8.42. The van der Waals surface area contributed by atoms with E-state index < -0.39 is 0 Å². The van der Waals surface area contributed by atoms with Crippen LogP contribution in [0.5, 0.6) is 0 Å².